The van der Waals surface area contributed by atoms with Crippen LogP contribution in [-0.4, -0.2) is 17.2 Å². The summed E-state index contributed by atoms with van der Waals surface area (Å²) < 4.78 is 2.31. The third-order valence-corrected chi connectivity index (χ3v) is 4.96. The maximum Gasteiger partial charge on any atom is 0.0495 e. The van der Waals surface area contributed by atoms with Gasteiger partial charge in [0.25, 0.3) is 0 Å². The van der Waals surface area contributed by atoms with Crippen LogP contribution in [0.15, 0.2) is 30.5 Å². The minimum absolute atomic E-state index is 0.792. The number of nitrogens with one attached hydrogen (secondary N) is 1. The molecule has 4 rings (SSSR count). The van der Waals surface area contributed by atoms with Crippen molar-refractivity contribution >= 4 is 22.5 Å². The van der Waals surface area contributed by atoms with E-state index in [-0.39, 0.29) is 0 Å². The Morgan fingerprint density at radius 3 is 2.60 bits per heavy atom. The highest BCUT2D eigenvalue weighted by Crippen LogP contribution is 2.44. The highest BCUT2D eigenvalue weighted by molar-refractivity contribution is 6.31. The zero-order valence-corrected chi connectivity index (χ0v) is 12.4. The summed E-state index contributed by atoms with van der Waals surface area (Å²) >= 11 is 6.10. The summed E-state index contributed by atoms with van der Waals surface area (Å²) in [6, 6.07) is 9.09. The number of rotatable bonds is 6. The summed E-state index contributed by atoms with van der Waals surface area (Å²) in [5, 5.41) is 5.90. The van der Waals surface area contributed by atoms with E-state index in [9.17, 15) is 0 Å². The molecule has 20 heavy (non-hydrogen) atoms. The van der Waals surface area contributed by atoms with Crippen molar-refractivity contribution in [1.29, 1.82) is 0 Å². The number of aromatic nitrogens is 1. The quantitative estimate of drug-likeness (QED) is 0.848. The van der Waals surface area contributed by atoms with Crippen LogP contribution in [0.2, 0.25) is 5.02 Å². The van der Waals surface area contributed by atoms with Crippen LogP contribution in [0, 0.1) is 11.8 Å². The van der Waals surface area contributed by atoms with E-state index in [0.29, 0.717) is 0 Å². The van der Waals surface area contributed by atoms with Gasteiger partial charge in [-0.05, 0) is 61.1 Å². The molecule has 0 amide bonds. The van der Waals surface area contributed by atoms with Gasteiger partial charge in [0.05, 0.1) is 0 Å². The minimum atomic E-state index is 0.792. The molecule has 2 saturated carbocycles. The number of benzene rings is 1. The van der Waals surface area contributed by atoms with Gasteiger partial charge < -0.3 is 9.88 Å². The molecule has 2 aromatic rings. The summed E-state index contributed by atoms with van der Waals surface area (Å²) in [6.07, 6.45) is 7.94. The largest absolute Gasteiger partial charge is 0.346 e. The summed E-state index contributed by atoms with van der Waals surface area (Å²) in [4.78, 5) is 0. The summed E-state index contributed by atoms with van der Waals surface area (Å²) in [5.74, 6) is 1.94. The number of halogens is 1. The van der Waals surface area contributed by atoms with Crippen LogP contribution in [0.1, 0.15) is 25.7 Å². The van der Waals surface area contributed by atoms with Gasteiger partial charge in [-0.15, -0.1) is 0 Å². The molecule has 0 spiro atoms. The van der Waals surface area contributed by atoms with Gasteiger partial charge in [-0.25, -0.2) is 0 Å². The van der Waals surface area contributed by atoms with Crippen molar-refractivity contribution < 1.29 is 0 Å². The lowest BCUT2D eigenvalue weighted by Crippen LogP contribution is -2.35. The molecule has 1 heterocycles. The Bertz CT molecular complexity index is 598. The summed E-state index contributed by atoms with van der Waals surface area (Å²) in [7, 11) is 0. The second-order valence-corrected chi connectivity index (χ2v) is 6.80. The zero-order chi connectivity index (χ0) is 13.5. The standard InChI is InChI=1S/C17H21ClN2/c18-15-6-5-12-7-9-20(16(12)11-15)10-8-19-17(13-1-2-13)14-3-4-14/h5-7,9,11,13-14,17,19H,1-4,8,10H2. The van der Waals surface area contributed by atoms with Crippen molar-refractivity contribution in [3.05, 3.63) is 35.5 Å². The first kappa shape index (κ1) is 12.7. The van der Waals surface area contributed by atoms with Crippen molar-refractivity contribution in [3.63, 3.8) is 0 Å². The Hall–Kier alpha value is -0.990. The van der Waals surface area contributed by atoms with Crippen LogP contribution < -0.4 is 5.32 Å². The third kappa shape index (κ3) is 2.59. The van der Waals surface area contributed by atoms with Gasteiger partial charge in [0.2, 0.25) is 0 Å². The molecule has 2 nitrogen and oxygen atoms in total. The van der Waals surface area contributed by atoms with Gasteiger partial charge >= 0.3 is 0 Å². The van der Waals surface area contributed by atoms with Crippen molar-refractivity contribution in [2.75, 3.05) is 6.54 Å². The highest BCUT2D eigenvalue weighted by atomic mass is 35.5. The highest BCUT2D eigenvalue weighted by Gasteiger charge is 2.40. The van der Waals surface area contributed by atoms with Crippen molar-refractivity contribution in [1.82, 2.24) is 9.88 Å². The molecule has 0 aliphatic heterocycles. The number of fused-ring (bicyclic) bond motifs is 1. The molecule has 0 atom stereocenters. The molecule has 1 N–H and O–H groups in total. The smallest absolute Gasteiger partial charge is 0.0495 e. The fraction of sp³-hybridized carbons (Fsp3) is 0.529. The molecule has 1 aromatic carbocycles. The maximum absolute atomic E-state index is 6.10. The molecule has 0 bridgehead atoms. The molecule has 0 unspecified atom stereocenters. The van der Waals surface area contributed by atoms with Crippen LogP contribution in [0.3, 0.4) is 0 Å². The van der Waals surface area contributed by atoms with Crippen LogP contribution in [-0.2, 0) is 6.54 Å². The third-order valence-electron chi connectivity index (χ3n) is 4.73. The average Bonchev–Trinajstić information content (AvgIpc) is 3.34. The Balaban J connectivity index is 1.41. The summed E-state index contributed by atoms with van der Waals surface area (Å²) in [5.41, 5.74) is 1.24. The molecule has 0 saturated heterocycles. The van der Waals surface area contributed by atoms with Crippen LogP contribution in [0.5, 0.6) is 0 Å². The van der Waals surface area contributed by atoms with E-state index >= 15 is 0 Å². The van der Waals surface area contributed by atoms with E-state index in [4.69, 9.17) is 11.6 Å². The van der Waals surface area contributed by atoms with Crippen LogP contribution in [0.25, 0.3) is 10.9 Å². The van der Waals surface area contributed by atoms with Gasteiger partial charge in [0, 0.05) is 35.9 Å². The van der Waals surface area contributed by atoms with Crippen LogP contribution >= 0.6 is 11.6 Å². The van der Waals surface area contributed by atoms with Crippen molar-refractivity contribution in [2.45, 2.75) is 38.3 Å². The Morgan fingerprint density at radius 1 is 1.15 bits per heavy atom. The van der Waals surface area contributed by atoms with Crippen molar-refractivity contribution in [3.8, 4) is 0 Å². The minimum Gasteiger partial charge on any atom is -0.346 e. The van der Waals surface area contributed by atoms with E-state index in [2.05, 4.69) is 34.3 Å². The van der Waals surface area contributed by atoms with E-state index in [1.807, 2.05) is 6.07 Å². The second-order valence-electron chi connectivity index (χ2n) is 6.37. The lowest BCUT2D eigenvalue weighted by atomic mass is 10.1. The SMILES string of the molecule is Clc1ccc2ccn(CCNC(C3CC3)C3CC3)c2c1. The van der Waals surface area contributed by atoms with Gasteiger partial charge in [0.15, 0.2) is 0 Å². The van der Waals surface area contributed by atoms with E-state index in [0.717, 1.165) is 36.0 Å². The first-order chi connectivity index (χ1) is 9.81. The molecule has 1 aromatic heterocycles. The first-order valence-electron chi connectivity index (χ1n) is 7.79. The number of hydrogen-bond donors (Lipinski definition) is 1. The number of nitrogens with zero attached hydrogens (tertiary/aromatic N) is 1. The van der Waals surface area contributed by atoms with Crippen molar-refractivity contribution in [2.24, 2.45) is 11.8 Å². The molecular weight excluding hydrogens is 268 g/mol. The van der Waals surface area contributed by atoms with Gasteiger partial charge in [0.1, 0.15) is 0 Å². The molecule has 106 valence electrons. The fourth-order valence-corrected chi connectivity index (χ4v) is 3.50. The molecule has 2 fully saturated rings. The van der Waals surface area contributed by atoms with E-state index in [1.165, 1.54) is 36.6 Å². The predicted molar refractivity (Wildman–Crippen MR) is 84.2 cm³/mol. The maximum atomic E-state index is 6.10. The average molecular weight is 289 g/mol. The fourth-order valence-electron chi connectivity index (χ4n) is 3.33. The lowest BCUT2D eigenvalue weighted by molar-refractivity contribution is 0.408. The molecule has 2 aliphatic rings. The van der Waals surface area contributed by atoms with Gasteiger partial charge in [-0.2, -0.15) is 0 Å². The predicted octanol–water partition coefficient (Wildman–Crippen LogP) is 4.07. The second kappa shape index (κ2) is 5.09. The van der Waals surface area contributed by atoms with Gasteiger partial charge in [-0.1, -0.05) is 17.7 Å². The molecule has 3 heteroatoms. The molecular formula is C17H21ClN2. The van der Waals surface area contributed by atoms with E-state index in [1.54, 1.807) is 0 Å². The Labute approximate surface area is 125 Å². The van der Waals surface area contributed by atoms with Crippen LogP contribution in [0.4, 0.5) is 0 Å². The van der Waals surface area contributed by atoms with Gasteiger partial charge in [-0.3, -0.25) is 0 Å². The Morgan fingerprint density at radius 2 is 1.90 bits per heavy atom. The normalized spacial score (nSPS) is 19.1. The summed E-state index contributed by atoms with van der Waals surface area (Å²) in [6.45, 7) is 2.09. The first-order valence-corrected chi connectivity index (χ1v) is 8.17. The topological polar surface area (TPSA) is 17.0 Å². The van der Waals surface area contributed by atoms with E-state index < -0.39 is 0 Å². The molecule has 0 radical (unpaired) electrons. The Kier molecular flexibility index (Phi) is 3.24. The molecule has 2 aliphatic carbocycles. The zero-order valence-electron chi connectivity index (χ0n) is 11.7. The monoisotopic (exact) mass is 288 g/mol. The number of hydrogen-bond acceptors (Lipinski definition) is 1. The lowest BCUT2D eigenvalue weighted by Gasteiger charge is -2.18.